The summed E-state index contributed by atoms with van der Waals surface area (Å²) in [6.07, 6.45) is 2.30. The molecule has 2 heteroatoms. The molecule has 0 unspecified atom stereocenters. The first-order valence-corrected chi connectivity index (χ1v) is 10.7. The summed E-state index contributed by atoms with van der Waals surface area (Å²) in [5.74, 6) is 0. The van der Waals surface area contributed by atoms with Gasteiger partial charge >= 0.3 is 0 Å². The molecule has 0 amide bonds. The molecule has 31 heavy (non-hydrogen) atoms. The van der Waals surface area contributed by atoms with Crippen molar-refractivity contribution in [2.45, 2.75) is 6.54 Å². The van der Waals surface area contributed by atoms with Gasteiger partial charge in [0.25, 0.3) is 0 Å². The maximum Gasteiger partial charge on any atom is 0.126 e. The number of rotatable bonds is 4. The Morgan fingerprint density at radius 3 is 1.74 bits per heavy atom. The van der Waals surface area contributed by atoms with Crippen molar-refractivity contribution in [3.05, 3.63) is 127 Å². The van der Waals surface area contributed by atoms with Crippen LogP contribution in [-0.2, 0) is 6.54 Å². The van der Waals surface area contributed by atoms with E-state index in [1.807, 2.05) is 0 Å². The van der Waals surface area contributed by atoms with Gasteiger partial charge < -0.3 is 4.57 Å². The number of benzene rings is 4. The SMILES string of the molecule is c1ccc(Cn2c3ccccc3n3cc(-c4ccccc4)c(-c4ccccc4)c23)cc1. The maximum absolute atomic E-state index is 2.46. The molecule has 0 fully saturated rings. The fraction of sp³-hybridized carbons (Fsp3) is 0.0345. The Labute approximate surface area is 181 Å². The molecule has 6 aromatic rings. The van der Waals surface area contributed by atoms with Gasteiger partial charge in [-0.1, -0.05) is 103 Å². The van der Waals surface area contributed by atoms with Crippen LogP contribution in [-0.4, -0.2) is 8.97 Å². The van der Waals surface area contributed by atoms with Crippen molar-refractivity contribution >= 4 is 16.7 Å². The van der Waals surface area contributed by atoms with E-state index < -0.39 is 0 Å². The Kier molecular flexibility index (Phi) is 4.21. The molecule has 0 bridgehead atoms. The zero-order valence-electron chi connectivity index (χ0n) is 17.1. The highest BCUT2D eigenvalue weighted by molar-refractivity contribution is 5.98. The summed E-state index contributed by atoms with van der Waals surface area (Å²) in [5.41, 5.74) is 10.0. The van der Waals surface area contributed by atoms with Gasteiger partial charge in [-0.25, -0.2) is 0 Å². The third-order valence-electron chi connectivity index (χ3n) is 6.00. The second kappa shape index (κ2) is 7.33. The minimum atomic E-state index is 0.829. The quantitative estimate of drug-likeness (QED) is 0.295. The van der Waals surface area contributed by atoms with Gasteiger partial charge in [-0.2, -0.15) is 0 Å². The van der Waals surface area contributed by atoms with E-state index in [9.17, 15) is 0 Å². The molecule has 4 aromatic carbocycles. The predicted molar refractivity (Wildman–Crippen MR) is 129 cm³/mol. The zero-order valence-corrected chi connectivity index (χ0v) is 17.1. The van der Waals surface area contributed by atoms with Crippen LogP contribution in [0, 0.1) is 0 Å². The lowest BCUT2D eigenvalue weighted by Crippen LogP contribution is -2.00. The Balaban J connectivity index is 1.73. The first-order chi connectivity index (χ1) is 15.4. The molecule has 0 spiro atoms. The summed E-state index contributed by atoms with van der Waals surface area (Å²) < 4.78 is 4.82. The van der Waals surface area contributed by atoms with Crippen molar-refractivity contribution in [3.63, 3.8) is 0 Å². The number of aromatic nitrogens is 2. The van der Waals surface area contributed by atoms with Gasteiger partial charge in [0, 0.05) is 23.9 Å². The fourth-order valence-electron chi connectivity index (χ4n) is 4.61. The molecule has 2 aromatic heterocycles. The van der Waals surface area contributed by atoms with E-state index in [0.29, 0.717) is 0 Å². The van der Waals surface area contributed by atoms with Gasteiger partial charge in [0.1, 0.15) is 5.65 Å². The van der Waals surface area contributed by atoms with Crippen LogP contribution in [0.15, 0.2) is 121 Å². The first-order valence-electron chi connectivity index (χ1n) is 10.7. The number of fused-ring (bicyclic) bond motifs is 3. The topological polar surface area (TPSA) is 9.34 Å². The lowest BCUT2D eigenvalue weighted by molar-refractivity contribution is 0.859. The smallest absolute Gasteiger partial charge is 0.126 e. The number of hydrogen-bond acceptors (Lipinski definition) is 0. The standard InChI is InChI=1S/C29H22N2/c1-4-12-22(13-5-1)20-30-26-18-10-11-19-27(26)31-21-25(23-14-6-2-7-15-23)28(29(30)31)24-16-8-3-9-17-24/h1-19,21H,20H2. The molecule has 0 saturated heterocycles. The molecular weight excluding hydrogens is 376 g/mol. The normalized spacial score (nSPS) is 11.4. The lowest BCUT2D eigenvalue weighted by Gasteiger charge is -2.11. The number of hydrogen-bond donors (Lipinski definition) is 0. The summed E-state index contributed by atoms with van der Waals surface area (Å²) in [7, 11) is 0. The molecule has 0 atom stereocenters. The molecule has 6 rings (SSSR count). The van der Waals surface area contributed by atoms with Crippen LogP contribution in [0.4, 0.5) is 0 Å². The second-order valence-corrected chi connectivity index (χ2v) is 7.90. The van der Waals surface area contributed by atoms with E-state index >= 15 is 0 Å². The highest BCUT2D eigenvalue weighted by Gasteiger charge is 2.21. The number of para-hydroxylation sites is 2. The van der Waals surface area contributed by atoms with Crippen LogP contribution >= 0.6 is 0 Å². The Morgan fingerprint density at radius 1 is 0.516 bits per heavy atom. The highest BCUT2D eigenvalue weighted by Crippen LogP contribution is 2.40. The summed E-state index contributed by atoms with van der Waals surface area (Å²) in [4.78, 5) is 0. The van der Waals surface area contributed by atoms with E-state index in [2.05, 4.69) is 130 Å². The Hall–Kier alpha value is -4.04. The monoisotopic (exact) mass is 398 g/mol. The summed E-state index contributed by atoms with van der Waals surface area (Å²) in [5, 5.41) is 0. The van der Waals surface area contributed by atoms with Gasteiger partial charge in [0.15, 0.2) is 0 Å². The molecule has 2 heterocycles. The van der Waals surface area contributed by atoms with E-state index in [4.69, 9.17) is 0 Å². The third-order valence-corrected chi connectivity index (χ3v) is 6.00. The van der Waals surface area contributed by atoms with Crippen molar-refractivity contribution in [2.24, 2.45) is 0 Å². The first kappa shape index (κ1) is 17.8. The van der Waals surface area contributed by atoms with Gasteiger partial charge in [0.2, 0.25) is 0 Å². The molecule has 0 aliphatic rings. The number of imidazole rings is 1. The van der Waals surface area contributed by atoms with E-state index in [0.717, 1.165) is 6.54 Å². The van der Waals surface area contributed by atoms with Crippen LogP contribution in [0.3, 0.4) is 0 Å². The van der Waals surface area contributed by atoms with Crippen molar-refractivity contribution in [3.8, 4) is 22.3 Å². The molecular formula is C29H22N2. The van der Waals surface area contributed by atoms with Gasteiger partial charge in [-0.05, 0) is 28.8 Å². The zero-order chi connectivity index (χ0) is 20.6. The van der Waals surface area contributed by atoms with Crippen molar-refractivity contribution in [1.82, 2.24) is 8.97 Å². The fourth-order valence-corrected chi connectivity index (χ4v) is 4.61. The summed E-state index contributed by atoms with van der Waals surface area (Å²) in [6, 6.07) is 40.9. The van der Waals surface area contributed by atoms with Crippen molar-refractivity contribution < 1.29 is 0 Å². The molecule has 0 radical (unpaired) electrons. The molecule has 0 saturated carbocycles. The molecule has 0 N–H and O–H groups in total. The third kappa shape index (κ3) is 2.96. The van der Waals surface area contributed by atoms with Gasteiger partial charge in [0.05, 0.1) is 11.0 Å². The molecule has 148 valence electrons. The lowest BCUT2D eigenvalue weighted by atomic mass is 9.98. The summed E-state index contributed by atoms with van der Waals surface area (Å²) >= 11 is 0. The van der Waals surface area contributed by atoms with Crippen LogP contribution in [0.1, 0.15) is 5.56 Å². The van der Waals surface area contributed by atoms with Crippen LogP contribution in [0.2, 0.25) is 0 Å². The highest BCUT2D eigenvalue weighted by atomic mass is 15.1. The van der Waals surface area contributed by atoms with Crippen LogP contribution in [0.25, 0.3) is 38.9 Å². The Morgan fingerprint density at radius 2 is 1.06 bits per heavy atom. The molecule has 0 aliphatic carbocycles. The Bertz CT molecular complexity index is 1470. The average molecular weight is 399 g/mol. The van der Waals surface area contributed by atoms with E-state index in [-0.39, 0.29) is 0 Å². The van der Waals surface area contributed by atoms with Crippen LogP contribution in [0.5, 0.6) is 0 Å². The summed E-state index contributed by atoms with van der Waals surface area (Å²) in [6.45, 7) is 0.829. The maximum atomic E-state index is 2.46. The van der Waals surface area contributed by atoms with Crippen LogP contribution < -0.4 is 0 Å². The van der Waals surface area contributed by atoms with Gasteiger partial charge in [-0.15, -0.1) is 0 Å². The minimum absolute atomic E-state index is 0.829. The minimum Gasteiger partial charge on any atom is -0.321 e. The average Bonchev–Trinajstić information content (AvgIpc) is 3.37. The molecule has 2 nitrogen and oxygen atoms in total. The number of nitrogens with zero attached hydrogens (tertiary/aromatic N) is 2. The van der Waals surface area contributed by atoms with Gasteiger partial charge in [-0.3, -0.25) is 4.40 Å². The molecule has 0 aliphatic heterocycles. The van der Waals surface area contributed by atoms with Crippen molar-refractivity contribution in [1.29, 1.82) is 0 Å². The van der Waals surface area contributed by atoms with E-state index in [1.54, 1.807) is 0 Å². The predicted octanol–water partition coefficient (Wildman–Crippen LogP) is 7.28. The van der Waals surface area contributed by atoms with Crippen molar-refractivity contribution in [2.75, 3.05) is 0 Å². The largest absolute Gasteiger partial charge is 0.321 e. The second-order valence-electron chi connectivity index (χ2n) is 7.90. The van der Waals surface area contributed by atoms with E-state index in [1.165, 1.54) is 44.5 Å².